The summed E-state index contributed by atoms with van der Waals surface area (Å²) in [6.07, 6.45) is 7.68. The number of methoxy groups -OCH3 is 1. The largest absolute Gasteiger partial charge is 0.469 e. The second-order valence-electron chi connectivity index (χ2n) is 4.57. The Balaban J connectivity index is 2.65. The summed E-state index contributed by atoms with van der Waals surface area (Å²) in [5, 5.41) is 0. The third-order valence-electron chi connectivity index (χ3n) is 3.39. The van der Waals surface area contributed by atoms with Crippen LogP contribution in [-0.2, 0) is 9.53 Å². The molecule has 0 aromatic rings. The average Bonchev–Trinajstić information content (AvgIpc) is 2.38. The van der Waals surface area contributed by atoms with Gasteiger partial charge in [-0.25, -0.2) is 0 Å². The Morgan fingerprint density at radius 2 is 1.87 bits per heavy atom. The lowest BCUT2D eigenvalue weighted by Gasteiger charge is -2.18. The van der Waals surface area contributed by atoms with E-state index in [1.807, 2.05) is 0 Å². The van der Waals surface area contributed by atoms with Crippen molar-refractivity contribution in [2.75, 3.05) is 7.11 Å². The van der Waals surface area contributed by atoms with Crippen molar-refractivity contribution >= 4 is 5.97 Å². The Kier molecular flexibility index (Phi) is 4.86. The number of ether oxygens (including phenoxy) is 1. The van der Waals surface area contributed by atoms with Crippen LogP contribution in [-0.4, -0.2) is 13.1 Å². The lowest BCUT2D eigenvalue weighted by molar-refractivity contribution is -0.139. The van der Waals surface area contributed by atoms with Gasteiger partial charge in [0, 0.05) is 0 Å². The van der Waals surface area contributed by atoms with Crippen molar-refractivity contribution in [2.24, 2.45) is 11.8 Å². The first-order valence-corrected chi connectivity index (χ1v) is 5.92. The van der Waals surface area contributed by atoms with E-state index in [0.29, 0.717) is 18.3 Å². The third-order valence-corrected chi connectivity index (χ3v) is 3.39. The summed E-state index contributed by atoms with van der Waals surface area (Å²) in [7, 11) is 1.45. The second kappa shape index (κ2) is 5.94. The summed E-state index contributed by atoms with van der Waals surface area (Å²) < 4.78 is 4.66. The summed E-state index contributed by atoms with van der Waals surface area (Å²) in [6, 6.07) is 0. The van der Waals surface area contributed by atoms with Crippen LogP contribution in [0.5, 0.6) is 0 Å². The highest BCUT2D eigenvalue weighted by Gasteiger charge is 2.19. The molecule has 0 aromatic heterocycles. The molecule has 86 valence electrons. The lowest BCUT2D eigenvalue weighted by Crippen LogP contribution is -2.07. The molecule has 0 spiro atoms. The molecule has 2 heteroatoms. The minimum absolute atomic E-state index is 0.133. The molecule has 0 bridgehead atoms. The highest BCUT2D eigenvalue weighted by atomic mass is 16.5. The summed E-state index contributed by atoms with van der Waals surface area (Å²) >= 11 is 0. The molecule has 1 fully saturated rings. The van der Waals surface area contributed by atoms with E-state index in [0.717, 1.165) is 0 Å². The van der Waals surface area contributed by atoms with Crippen molar-refractivity contribution in [3.05, 3.63) is 11.6 Å². The Bertz CT molecular complexity index is 229. The van der Waals surface area contributed by atoms with Crippen LogP contribution in [0.2, 0.25) is 0 Å². The van der Waals surface area contributed by atoms with E-state index in [4.69, 9.17) is 0 Å². The molecule has 0 saturated heterocycles. The van der Waals surface area contributed by atoms with Gasteiger partial charge in [0.15, 0.2) is 0 Å². The minimum Gasteiger partial charge on any atom is -0.469 e. The molecule has 1 aliphatic rings. The zero-order valence-corrected chi connectivity index (χ0v) is 10.1. The third kappa shape index (κ3) is 3.69. The van der Waals surface area contributed by atoms with Crippen molar-refractivity contribution in [3.63, 3.8) is 0 Å². The topological polar surface area (TPSA) is 26.3 Å². The van der Waals surface area contributed by atoms with Gasteiger partial charge in [-0.2, -0.15) is 0 Å². The second-order valence-corrected chi connectivity index (χ2v) is 4.57. The first-order chi connectivity index (χ1) is 7.15. The SMILES string of the molecule is COC(=O)CC=C1C(C)CCCCC1C. The zero-order valence-electron chi connectivity index (χ0n) is 10.1. The molecular weight excluding hydrogens is 188 g/mol. The smallest absolute Gasteiger partial charge is 0.309 e. The number of carbonyl (C=O) groups excluding carboxylic acids is 1. The maximum Gasteiger partial charge on any atom is 0.309 e. The number of carbonyl (C=O) groups is 1. The molecule has 2 atom stereocenters. The Labute approximate surface area is 92.7 Å². The lowest BCUT2D eigenvalue weighted by atomic mass is 9.88. The van der Waals surface area contributed by atoms with Gasteiger partial charge in [-0.15, -0.1) is 0 Å². The van der Waals surface area contributed by atoms with Crippen molar-refractivity contribution in [1.29, 1.82) is 0 Å². The summed E-state index contributed by atoms with van der Waals surface area (Å²) in [4.78, 5) is 11.1. The molecule has 1 saturated carbocycles. The molecule has 0 heterocycles. The maximum absolute atomic E-state index is 11.1. The van der Waals surface area contributed by atoms with Gasteiger partial charge in [0.05, 0.1) is 13.5 Å². The predicted octanol–water partition coefficient (Wildman–Crippen LogP) is 3.32. The minimum atomic E-state index is -0.133. The van der Waals surface area contributed by atoms with Crippen LogP contribution in [0.3, 0.4) is 0 Å². The highest BCUT2D eigenvalue weighted by Crippen LogP contribution is 2.32. The van der Waals surface area contributed by atoms with Gasteiger partial charge in [-0.1, -0.05) is 38.3 Å². The molecule has 0 N–H and O–H groups in total. The normalized spacial score (nSPS) is 27.0. The molecule has 1 rings (SSSR count). The van der Waals surface area contributed by atoms with Crippen LogP contribution in [0.4, 0.5) is 0 Å². The molecule has 0 aliphatic heterocycles. The van der Waals surface area contributed by atoms with E-state index in [1.54, 1.807) is 0 Å². The van der Waals surface area contributed by atoms with Crippen LogP contribution in [0, 0.1) is 11.8 Å². The number of allylic oxidation sites excluding steroid dienone is 1. The summed E-state index contributed by atoms with van der Waals surface area (Å²) in [6.45, 7) is 4.54. The zero-order chi connectivity index (χ0) is 11.3. The maximum atomic E-state index is 11.1. The van der Waals surface area contributed by atoms with Crippen molar-refractivity contribution in [3.8, 4) is 0 Å². The van der Waals surface area contributed by atoms with Crippen LogP contribution in [0.1, 0.15) is 46.0 Å². The highest BCUT2D eigenvalue weighted by molar-refractivity contribution is 5.71. The van der Waals surface area contributed by atoms with Crippen molar-refractivity contribution < 1.29 is 9.53 Å². The van der Waals surface area contributed by atoms with Gasteiger partial charge in [0.25, 0.3) is 0 Å². The number of rotatable bonds is 2. The Hall–Kier alpha value is -0.790. The van der Waals surface area contributed by atoms with Crippen LogP contribution in [0.15, 0.2) is 11.6 Å². The van der Waals surface area contributed by atoms with E-state index in [1.165, 1.54) is 38.4 Å². The van der Waals surface area contributed by atoms with E-state index in [-0.39, 0.29) is 5.97 Å². The molecule has 2 nitrogen and oxygen atoms in total. The molecule has 1 aliphatic carbocycles. The Morgan fingerprint density at radius 3 is 2.33 bits per heavy atom. The van der Waals surface area contributed by atoms with Gasteiger partial charge < -0.3 is 4.74 Å². The van der Waals surface area contributed by atoms with Gasteiger partial charge >= 0.3 is 5.97 Å². The summed E-state index contributed by atoms with van der Waals surface area (Å²) in [5.74, 6) is 1.13. The average molecular weight is 210 g/mol. The van der Waals surface area contributed by atoms with Crippen LogP contribution >= 0.6 is 0 Å². The molecule has 0 amide bonds. The van der Waals surface area contributed by atoms with Crippen molar-refractivity contribution in [1.82, 2.24) is 0 Å². The van der Waals surface area contributed by atoms with Crippen molar-refractivity contribution in [2.45, 2.75) is 46.0 Å². The quantitative estimate of drug-likeness (QED) is 0.397. The summed E-state index contributed by atoms with van der Waals surface area (Å²) in [5.41, 5.74) is 1.46. The van der Waals surface area contributed by atoms with Gasteiger partial charge in [-0.05, 0) is 24.7 Å². The van der Waals surface area contributed by atoms with E-state index >= 15 is 0 Å². The van der Waals surface area contributed by atoms with Crippen LogP contribution < -0.4 is 0 Å². The van der Waals surface area contributed by atoms with Gasteiger partial charge in [0.1, 0.15) is 0 Å². The molecular formula is C13H22O2. The van der Waals surface area contributed by atoms with Gasteiger partial charge in [0.2, 0.25) is 0 Å². The van der Waals surface area contributed by atoms with Crippen LogP contribution in [0.25, 0.3) is 0 Å². The first-order valence-electron chi connectivity index (χ1n) is 5.92. The number of hydrogen-bond acceptors (Lipinski definition) is 2. The fraction of sp³-hybridized carbons (Fsp3) is 0.769. The number of hydrogen-bond donors (Lipinski definition) is 0. The van der Waals surface area contributed by atoms with Gasteiger partial charge in [-0.3, -0.25) is 4.79 Å². The van der Waals surface area contributed by atoms with E-state index in [9.17, 15) is 4.79 Å². The Morgan fingerprint density at radius 1 is 1.33 bits per heavy atom. The molecule has 15 heavy (non-hydrogen) atoms. The van der Waals surface area contributed by atoms with E-state index in [2.05, 4.69) is 24.7 Å². The fourth-order valence-electron chi connectivity index (χ4n) is 2.41. The molecule has 0 aromatic carbocycles. The monoisotopic (exact) mass is 210 g/mol. The molecule has 2 unspecified atom stereocenters. The first kappa shape index (κ1) is 12.3. The standard InChI is InChI=1S/C13H22O2/c1-10-6-4-5-7-11(2)12(10)8-9-13(14)15-3/h8,10-11H,4-7,9H2,1-3H3. The fourth-order valence-corrected chi connectivity index (χ4v) is 2.41. The number of esters is 1. The predicted molar refractivity (Wildman–Crippen MR) is 61.5 cm³/mol. The molecule has 0 radical (unpaired) electrons. The van der Waals surface area contributed by atoms with E-state index < -0.39 is 0 Å².